The summed E-state index contributed by atoms with van der Waals surface area (Å²) in [6.45, 7) is 1.98. The number of hydrogen-bond acceptors (Lipinski definition) is 4. The minimum atomic E-state index is -3.61. The van der Waals surface area contributed by atoms with Crippen molar-refractivity contribution in [3.8, 4) is 0 Å². The van der Waals surface area contributed by atoms with Crippen LogP contribution >= 0.6 is 0 Å². The first kappa shape index (κ1) is 12.5. The largest absolute Gasteiger partial charge is 0.264 e. The molecule has 1 heterocycles. The first-order valence-corrected chi connectivity index (χ1v) is 6.99. The summed E-state index contributed by atoms with van der Waals surface area (Å²) in [6, 6.07) is 8.11. The van der Waals surface area contributed by atoms with Gasteiger partial charge in [0.05, 0.1) is 4.90 Å². The third-order valence-corrected chi connectivity index (χ3v) is 3.74. The smallest absolute Gasteiger partial charge is 0.247 e. The molecule has 0 fully saturated rings. The molecule has 1 N–H and O–H groups in total. The Morgan fingerprint density at radius 2 is 1.72 bits per heavy atom. The Hall–Kier alpha value is -1.95. The third-order valence-electron chi connectivity index (χ3n) is 2.39. The molecule has 0 aliphatic rings. The number of rotatable bonds is 4. The topological polar surface area (TPSA) is 72.0 Å². The van der Waals surface area contributed by atoms with E-state index in [-0.39, 0.29) is 10.8 Å². The van der Waals surface area contributed by atoms with Crippen molar-refractivity contribution in [3.05, 3.63) is 48.3 Å². The average Bonchev–Trinajstić information content (AvgIpc) is 2.40. The van der Waals surface area contributed by atoms with Crippen molar-refractivity contribution in [1.29, 1.82) is 0 Å². The molecule has 0 spiro atoms. The maximum atomic E-state index is 12.0. The Labute approximate surface area is 106 Å². The van der Waals surface area contributed by atoms with Crippen LogP contribution in [0.5, 0.6) is 0 Å². The first-order valence-electron chi connectivity index (χ1n) is 5.50. The van der Waals surface area contributed by atoms with Crippen LogP contribution in [-0.2, 0) is 16.4 Å². The predicted octanol–water partition coefficient (Wildman–Crippen LogP) is 1.84. The van der Waals surface area contributed by atoms with Gasteiger partial charge >= 0.3 is 0 Å². The molecule has 0 aliphatic heterocycles. The minimum absolute atomic E-state index is 0.0797. The number of aromatic nitrogens is 2. The van der Waals surface area contributed by atoms with Crippen molar-refractivity contribution in [2.45, 2.75) is 18.2 Å². The second-order valence-corrected chi connectivity index (χ2v) is 5.37. The second-order valence-electron chi connectivity index (χ2n) is 3.69. The summed E-state index contributed by atoms with van der Waals surface area (Å²) >= 11 is 0. The van der Waals surface area contributed by atoms with Crippen LogP contribution in [0.15, 0.2) is 47.6 Å². The molecule has 1 aromatic carbocycles. The van der Waals surface area contributed by atoms with E-state index in [1.807, 2.05) is 6.92 Å². The van der Waals surface area contributed by atoms with Crippen LogP contribution < -0.4 is 4.72 Å². The van der Waals surface area contributed by atoms with Gasteiger partial charge in [-0.25, -0.2) is 23.1 Å². The molecule has 0 unspecified atom stereocenters. The number of aryl methyl sites for hydroxylation is 1. The zero-order chi connectivity index (χ0) is 13.0. The lowest BCUT2D eigenvalue weighted by atomic mass is 10.3. The molecule has 0 saturated heterocycles. The number of sulfonamides is 1. The molecule has 6 heteroatoms. The summed E-state index contributed by atoms with van der Waals surface area (Å²) < 4.78 is 26.3. The van der Waals surface area contributed by atoms with Crippen LogP contribution in [0.1, 0.15) is 12.5 Å². The fraction of sp³-hybridized carbons (Fsp3) is 0.167. The quantitative estimate of drug-likeness (QED) is 0.913. The normalized spacial score (nSPS) is 11.2. The van der Waals surface area contributed by atoms with Crippen molar-refractivity contribution >= 4 is 16.0 Å². The minimum Gasteiger partial charge on any atom is -0.247 e. The number of anilines is 1. The maximum Gasteiger partial charge on any atom is 0.264 e. The highest BCUT2D eigenvalue weighted by Crippen LogP contribution is 2.12. The van der Waals surface area contributed by atoms with E-state index in [9.17, 15) is 8.42 Å². The summed E-state index contributed by atoms with van der Waals surface area (Å²) in [5, 5.41) is 0. The van der Waals surface area contributed by atoms with Crippen molar-refractivity contribution < 1.29 is 8.42 Å². The zero-order valence-corrected chi connectivity index (χ0v) is 10.7. The molecule has 0 atom stereocenters. The lowest BCUT2D eigenvalue weighted by Crippen LogP contribution is -2.14. The van der Waals surface area contributed by atoms with Crippen LogP contribution in [0.25, 0.3) is 0 Å². The molecule has 1 aromatic heterocycles. The molecule has 0 amide bonds. The van der Waals surface area contributed by atoms with Crippen molar-refractivity contribution in [3.63, 3.8) is 0 Å². The average molecular weight is 263 g/mol. The summed E-state index contributed by atoms with van der Waals surface area (Å²) in [6.07, 6.45) is 4.03. The van der Waals surface area contributed by atoms with E-state index in [4.69, 9.17) is 0 Å². The summed E-state index contributed by atoms with van der Waals surface area (Å²) in [7, 11) is -3.61. The summed E-state index contributed by atoms with van der Waals surface area (Å²) in [4.78, 5) is 8.11. The molecular weight excluding hydrogens is 250 g/mol. The van der Waals surface area contributed by atoms with Crippen LogP contribution in [0.2, 0.25) is 0 Å². The Morgan fingerprint density at radius 1 is 1.11 bits per heavy atom. The fourth-order valence-electron chi connectivity index (χ4n) is 1.37. The SMILES string of the molecule is CCc1cnc(NS(=O)(=O)c2ccccc2)nc1. The maximum absolute atomic E-state index is 12.0. The highest BCUT2D eigenvalue weighted by molar-refractivity contribution is 7.92. The highest BCUT2D eigenvalue weighted by atomic mass is 32.2. The van der Waals surface area contributed by atoms with Gasteiger partial charge in [0.1, 0.15) is 0 Å². The van der Waals surface area contributed by atoms with Crippen molar-refractivity contribution in [2.24, 2.45) is 0 Å². The van der Waals surface area contributed by atoms with Gasteiger partial charge in [0.25, 0.3) is 10.0 Å². The van der Waals surface area contributed by atoms with Crippen molar-refractivity contribution in [1.82, 2.24) is 9.97 Å². The molecule has 5 nitrogen and oxygen atoms in total. The fourth-order valence-corrected chi connectivity index (χ4v) is 2.35. The highest BCUT2D eigenvalue weighted by Gasteiger charge is 2.14. The molecule has 2 aromatic rings. The molecule has 2 rings (SSSR count). The second kappa shape index (κ2) is 5.14. The molecule has 94 valence electrons. The molecule has 0 saturated carbocycles. The van der Waals surface area contributed by atoms with Gasteiger partial charge < -0.3 is 0 Å². The van der Waals surface area contributed by atoms with E-state index >= 15 is 0 Å². The van der Waals surface area contributed by atoms with Gasteiger partial charge in [-0.05, 0) is 24.1 Å². The van der Waals surface area contributed by atoms with Gasteiger partial charge in [-0.1, -0.05) is 25.1 Å². The lowest BCUT2D eigenvalue weighted by Gasteiger charge is -2.06. The van der Waals surface area contributed by atoms with Gasteiger partial charge in [0.2, 0.25) is 5.95 Å². The third kappa shape index (κ3) is 2.84. The zero-order valence-electron chi connectivity index (χ0n) is 9.87. The van der Waals surface area contributed by atoms with Gasteiger partial charge in [-0.3, -0.25) is 0 Å². The molecule has 0 aliphatic carbocycles. The monoisotopic (exact) mass is 263 g/mol. The molecular formula is C12H13N3O2S. The van der Waals surface area contributed by atoms with E-state index in [0.29, 0.717) is 0 Å². The van der Waals surface area contributed by atoms with Crippen LogP contribution in [0, 0.1) is 0 Å². The van der Waals surface area contributed by atoms with E-state index in [0.717, 1.165) is 12.0 Å². The number of nitrogens with one attached hydrogen (secondary N) is 1. The molecule has 18 heavy (non-hydrogen) atoms. The summed E-state index contributed by atoms with van der Waals surface area (Å²) in [5.74, 6) is 0.0797. The van der Waals surface area contributed by atoms with Crippen molar-refractivity contribution in [2.75, 3.05) is 4.72 Å². The van der Waals surface area contributed by atoms with Gasteiger partial charge in [-0.2, -0.15) is 0 Å². The van der Waals surface area contributed by atoms with E-state index in [2.05, 4.69) is 14.7 Å². The lowest BCUT2D eigenvalue weighted by molar-refractivity contribution is 0.601. The van der Waals surface area contributed by atoms with Gasteiger partial charge in [-0.15, -0.1) is 0 Å². The number of nitrogens with zero attached hydrogens (tertiary/aromatic N) is 2. The number of hydrogen-bond donors (Lipinski definition) is 1. The predicted molar refractivity (Wildman–Crippen MR) is 68.7 cm³/mol. The Bertz CT molecular complexity index is 610. The van der Waals surface area contributed by atoms with Crippen LogP contribution in [-0.4, -0.2) is 18.4 Å². The van der Waals surface area contributed by atoms with Gasteiger partial charge in [0, 0.05) is 12.4 Å². The van der Waals surface area contributed by atoms with Crippen LogP contribution in [0.4, 0.5) is 5.95 Å². The van der Waals surface area contributed by atoms with E-state index in [1.165, 1.54) is 12.1 Å². The first-order chi connectivity index (χ1) is 8.62. The Balaban J connectivity index is 2.22. The molecule has 0 bridgehead atoms. The van der Waals surface area contributed by atoms with E-state index in [1.54, 1.807) is 30.6 Å². The summed E-state index contributed by atoms with van der Waals surface area (Å²) in [5.41, 5.74) is 0.956. The molecule has 0 radical (unpaired) electrons. The Morgan fingerprint density at radius 3 is 2.28 bits per heavy atom. The van der Waals surface area contributed by atoms with E-state index < -0.39 is 10.0 Å². The van der Waals surface area contributed by atoms with Crippen LogP contribution in [0.3, 0.4) is 0 Å². The standard InChI is InChI=1S/C12H13N3O2S/c1-2-10-8-13-12(14-9-10)15-18(16,17)11-6-4-3-5-7-11/h3-9H,2H2,1H3,(H,13,14,15). The Kier molecular flexibility index (Phi) is 3.57. The van der Waals surface area contributed by atoms with Gasteiger partial charge in [0.15, 0.2) is 0 Å². The number of benzene rings is 1.